The minimum absolute atomic E-state index is 0.541. The van der Waals surface area contributed by atoms with Gasteiger partial charge in [0.05, 0.1) is 7.11 Å². The first kappa shape index (κ1) is 16.1. The van der Waals surface area contributed by atoms with Crippen molar-refractivity contribution in [2.75, 3.05) is 7.11 Å². The van der Waals surface area contributed by atoms with E-state index >= 15 is 0 Å². The number of hydrogen-bond acceptors (Lipinski definition) is 2. The van der Waals surface area contributed by atoms with Gasteiger partial charge in [0.25, 0.3) is 0 Å². The fourth-order valence-corrected chi connectivity index (χ4v) is 2.70. The van der Waals surface area contributed by atoms with Crippen LogP contribution in [0.5, 0.6) is 11.5 Å². The van der Waals surface area contributed by atoms with E-state index in [-0.39, 0.29) is 0 Å². The number of ether oxygens (including phenoxy) is 2. The molecule has 0 radical (unpaired) electrons. The van der Waals surface area contributed by atoms with Crippen LogP contribution in [0.25, 0.3) is 0 Å². The third-order valence-electron chi connectivity index (χ3n) is 4.03. The number of rotatable bonds is 7. The van der Waals surface area contributed by atoms with E-state index in [2.05, 4.69) is 48.5 Å². The van der Waals surface area contributed by atoms with E-state index in [1.807, 2.05) is 30.3 Å². The summed E-state index contributed by atoms with van der Waals surface area (Å²) in [4.78, 5) is 0. The Hall–Kier alpha value is -2.74. The second-order valence-corrected chi connectivity index (χ2v) is 5.73. The normalized spacial score (nSPS) is 10.4. The molecule has 0 saturated carbocycles. The minimum Gasteiger partial charge on any atom is -0.497 e. The Morgan fingerprint density at radius 2 is 1.46 bits per heavy atom. The van der Waals surface area contributed by atoms with Crippen molar-refractivity contribution in [2.45, 2.75) is 19.4 Å². The van der Waals surface area contributed by atoms with E-state index in [4.69, 9.17) is 9.47 Å². The zero-order valence-electron chi connectivity index (χ0n) is 13.9. The van der Waals surface area contributed by atoms with Gasteiger partial charge in [0.1, 0.15) is 18.1 Å². The second kappa shape index (κ2) is 8.21. The first-order valence-electron chi connectivity index (χ1n) is 8.23. The van der Waals surface area contributed by atoms with Gasteiger partial charge in [0.2, 0.25) is 0 Å². The fraction of sp³-hybridized carbons (Fsp3) is 0.182. The maximum absolute atomic E-state index is 6.06. The Morgan fingerprint density at radius 1 is 0.708 bits per heavy atom. The minimum atomic E-state index is 0.541. The van der Waals surface area contributed by atoms with Crippen LogP contribution in [-0.4, -0.2) is 7.11 Å². The molecule has 0 amide bonds. The lowest BCUT2D eigenvalue weighted by Crippen LogP contribution is -2.00. The molecule has 3 aromatic rings. The van der Waals surface area contributed by atoms with Gasteiger partial charge in [-0.15, -0.1) is 0 Å². The average Bonchev–Trinajstić information content (AvgIpc) is 2.66. The Labute approximate surface area is 143 Å². The summed E-state index contributed by atoms with van der Waals surface area (Å²) in [5.41, 5.74) is 3.69. The molecule has 0 unspecified atom stereocenters. The summed E-state index contributed by atoms with van der Waals surface area (Å²) in [7, 11) is 1.68. The van der Waals surface area contributed by atoms with Crippen LogP contribution in [0.4, 0.5) is 0 Å². The van der Waals surface area contributed by atoms with Crippen LogP contribution in [0.2, 0.25) is 0 Å². The van der Waals surface area contributed by atoms with Crippen LogP contribution in [0, 0.1) is 0 Å². The van der Waals surface area contributed by atoms with Crippen molar-refractivity contribution < 1.29 is 9.47 Å². The zero-order chi connectivity index (χ0) is 16.6. The molecule has 0 spiro atoms. The molecule has 0 aliphatic carbocycles. The maximum atomic E-state index is 6.06. The van der Waals surface area contributed by atoms with Crippen molar-refractivity contribution >= 4 is 0 Å². The van der Waals surface area contributed by atoms with E-state index in [0.29, 0.717) is 6.61 Å². The van der Waals surface area contributed by atoms with Crippen LogP contribution in [0.1, 0.15) is 16.7 Å². The third kappa shape index (κ3) is 4.39. The Bertz CT molecular complexity index is 766. The van der Waals surface area contributed by atoms with Crippen LogP contribution in [-0.2, 0) is 19.4 Å². The fourth-order valence-electron chi connectivity index (χ4n) is 2.70. The lowest BCUT2D eigenvalue weighted by atomic mass is 10.0. The molecular weight excluding hydrogens is 296 g/mol. The van der Waals surface area contributed by atoms with E-state index < -0.39 is 0 Å². The Kier molecular flexibility index (Phi) is 5.52. The van der Waals surface area contributed by atoms with E-state index in [1.165, 1.54) is 11.1 Å². The number of methoxy groups -OCH3 is 1. The standard InChI is InChI=1S/C22H22O2/c1-23-21-12-7-10-19(16-21)17-24-22-13-6-5-11-20(22)15-14-18-8-3-2-4-9-18/h2-13,16H,14-15,17H2,1H3. The van der Waals surface area contributed by atoms with Crippen molar-refractivity contribution in [3.05, 3.63) is 95.6 Å². The molecule has 0 aliphatic heterocycles. The highest BCUT2D eigenvalue weighted by Gasteiger charge is 2.05. The topological polar surface area (TPSA) is 18.5 Å². The Balaban J connectivity index is 1.65. The van der Waals surface area contributed by atoms with E-state index in [9.17, 15) is 0 Å². The van der Waals surface area contributed by atoms with Gasteiger partial charge in [0, 0.05) is 0 Å². The van der Waals surface area contributed by atoms with Crippen molar-refractivity contribution in [1.82, 2.24) is 0 Å². The summed E-state index contributed by atoms with van der Waals surface area (Å²) in [5, 5.41) is 0. The van der Waals surface area contributed by atoms with Gasteiger partial charge in [-0.3, -0.25) is 0 Å². The highest BCUT2D eigenvalue weighted by atomic mass is 16.5. The van der Waals surface area contributed by atoms with Crippen molar-refractivity contribution in [3.63, 3.8) is 0 Å². The molecule has 24 heavy (non-hydrogen) atoms. The van der Waals surface area contributed by atoms with Gasteiger partial charge in [-0.25, -0.2) is 0 Å². The van der Waals surface area contributed by atoms with Crippen molar-refractivity contribution in [2.24, 2.45) is 0 Å². The zero-order valence-corrected chi connectivity index (χ0v) is 13.9. The number of benzene rings is 3. The summed E-state index contributed by atoms with van der Waals surface area (Å²) in [6.07, 6.45) is 1.98. The molecule has 3 rings (SSSR count). The molecule has 0 aromatic heterocycles. The van der Waals surface area contributed by atoms with Crippen LogP contribution < -0.4 is 9.47 Å². The SMILES string of the molecule is COc1cccc(COc2ccccc2CCc2ccccc2)c1. The van der Waals surface area contributed by atoms with Crippen LogP contribution >= 0.6 is 0 Å². The molecule has 0 heterocycles. The van der Waals surface area contributed by atoms with Gasteiger partial charge < -0.3 is 9.47 Å². The van der Waals surface area contributed by atoms with Gasteiger partial charge in [-0.1, -0.05) is 60.7 Å². The number of hydrogen-bond donors (Lipinski definition) is 0. The molecule has 0 N–H and O–H groups in total. The first-order valence-corrected chi connectivity index (χ1v) is 8.23. The summed E-state index contributed by atoms with van der Waals surface area (Å²) in [5.74, 6) is 1.81. The predicted molar refractivity (Wildman–Crippen MR) is 97.6 cm³/mol. The summed E-state index contributed by atoms with van der Waals surface area (Å²) >= 11 is 0. The first-order chi connectivity index (χ1) is 11.8. The van der Waals surface area contributed by atoms with Crippen molar-refractivity contribution in [1.29, 1.82) is 0 Å². The summed E-state index contributed by atoms with van der Waals surface area (Å²) < 4.78 is 11.3. The largest absolute Gasteiger partial charge is 0.497 e. The monoisotopic (exact) mass is 318 g/mol. The number of para-hydroxylation sites is 1. The van der Waals surface area contributed by atoms with Gasteiger partial charge in [-0.2, -0.15) is 0 Å². The van der Waals surface area contributed by atoms with Crippen LogP contribution in [0.3, 0.4) is 0 Å². The smallest absolute Gasteiger partial charge is 0.123 e. The Morgan fingerprint density at radius 3 is 2.29 bits per heavy atom. The number of aryl methyl sites for hydroxylation is 2. The van der Waals surface area contributed by atoms with Gasteiger partial charge in [-0.05, 0) is 47.7 Å². The molecule has 0 saturated heterocycles. The molecule has 3 aromatic carbocycles. The van der Waals surface area contributed by atoms with Gasteiger partial charge in [0.15, 0.2) is 0 Å². The van der Waals surface area contributed by atoms with E-state index in [1.54, 1.807) is 7.11 Å². The molecule has 2 nitrogen and oxygen atoms in total. The molecule has 0 atom stereocenters. The lowest BCUT2D eigenvalue weighted by molar-refractivity contribution is 0.302. The quantitative estimate of drug-likeness (QED) is 0.606. The van der Waals surface area contributed by atoms with Gasteiger partial charge >= 0.3 is 0 Å². The molecule has 122 valence electrons. The molecule has 2 heteroatoms. The summed E-state index contributed by atoms with van der Waals surface area (Å²) in [6.45, 7) is 0.541. The average molecular weight is 318 g/mol. The highest BCUT2D eigenvalue weighted by molar-refractivity contribution is 5.35. The summed E-state index contributed by atoms with van der Waals surface area (Å²) in [6, 6.07) is 26.8. The van der Waals surface area contributed by atoms with Crippen molar-refractivity contribution in [3.8, 4) is 11.5 Å². The third-order valence-corrected chi connectivity index (χ3v) is 4.03. The van der Waals surface area contributed by atoms with E-state index in [0.717, 1.165) is 29.9 Å². The highest BCUT2D eigenvalue weighted by Crippen LogP contribution is 2.22. The molecule has 0 bridgehead atoms. The molecular formula is C22H22O2. The second-order valence-electron chi connectivity index (χ2n) is 5.73. The molecule has 0 fully saturated rings. The van der Waals surface area contributed by atoms with Crippen LogP contribution in [0.15, 0.2) is 78.9 Å². The molecule has 0 aliphatic rings. The predicted octanol–water partition coefficient (Wildman–Crippen LogP) is 5.06. The lowest BCUT2D eigenvalue weighted by Gasteiger charge is -2.12. The maximum Gasteiger partial charge on any atom is 0.123 e.